The van der Waals surface area contributed by atoms with Crippen molar-refractivity contribution in [1.29, 1.82) is 0 Å². The predicted molar refractivity (Wildman–Crippen MR) is 84.8 cm³/mol. The van der Waals surface area contributed by atoms with Crippen molar-refractivity contribution in [3.05, 3.63) is 54.2 Å². The predicted octanol–water partition coefficient (Wildman–Crippen LogP) is 4.13. The number of nitrogens with zero attached hydrogens (tertiary/aromatic N) is 1. The molecule has 0 aliphatic carbocycles. The fraction of sp³-hybridized carbons (Fsp3) is 0.389. The van der Waals surface area contributed by atoms with E-state index in [0.29, 0.717) is 24.5 Å². The molecule has 2 aromatic rings. The highest BCUT2D eigenvalue weighted by Gasteiger charge is 2.10. The van der Waals surface area contributed by atoms with Gasteiger partial charge in [-0.1, -0.05) is 39.0 Å². The second-order valence-corrected chi connectivity index (χ2v) is 6.25. The van der Waals surface area contributed by atoms with Gasteiger partial charge < -0.3 is 9.47 Å². The van der Waals surface area contributed by atoms with Gasteiger partial charge in [0.2, 0.25) is 5.88 Å². The Morgan fingerprint density at radius 1 is 0.905 bits per heavy atom. The van der Waals surface area contributed by atoms with Gasteiger partial charge in [0.05, 0.1) is 0 Å². The van der Waals surface area contributed by atoms with Gasteiger partial charge in [-0.25, -0.2) is 4.98 Å². The number of pyridine rings is 1. The van der Waals surface area contributed by atoms with Crippen molar-refractivity contribution >= 4 is 0 Å². The SMILES string of the molecule is CC(C)(C)Cc1ccc(OCCOc2ccccn2)cc1. The summed E-state index contributed by atoms with van der Waals surface area (Å²) >= 11 is 0. The summed E-state index contributed by atoms with van der Waals surface area (Å²) in [5, 5.41) is 0. The first-order chi connectivity index (χ1) is 10.0. The van der Waals surface area contributed by atoms with Gasteiger partial charge in [-0.2, -0.15) is 0 Å². The molecule has 0 amide bonds. The minimum Gasteiger partial charge on any atom is -0.490 e. The summed E-state index contributed by atoms with van der Waals surface area (Å²) in [6, 6.07) is 13.9. The van der Waals surface area contributed by atoms with Gasteiger partial charge in [0, 0.05) is 12.3 Å². The Balaban J connectivity index is 1.74. The molecular formula is C18H23NO2. The van der Waals surface area contributed by atoms with Crippen LogP contribution in [0.25, 0.3) is 0 Å². The third-order valence-corrected chi connectivity index (χ3v) is 2.90. The van der Waals surface area contributed by atoms with Crippen molar-refractivity contribution in [2.24, 2.45) is 5.41 Å². The van der Waals surface area contributed by atoms with Crippen LogP contribution in [0, 0.1) is 5.41 Å². The molecule has 112 valence electrons. The van der Waals surface area contributed by atoms with Crippen LogP contribution >= 0.6 is 0 Å². The normalized spacial score (nSPS) is 11.2. The maximum absolute atomic E-state index is 5.66. The van der Waals surface area contributed by atoms with Crippen LogP contribution in [-0.4, -0.2) is 18.2 Å². The van der Waals surface area contributed by atoms with Crippen LogP contribution in [0.15, 0.2) is 48.7 Å². The molecule has 0 aliphatic rings. The van der Waals surface area contributed by atoms with Crippen LogP contribution in [0.3, 0.4) is 0 Å². The molecule has 0 bridgehead atoms. The molecule has 0 fully saturated rings. The lowest BCUT2D eigenvalue weighted by atomic mass is 9.88. The zero-order valence-electron chi connectivity index (χ0n) is 13.0. The molecule has 1 aromatic heterocycles. The topological polar surface area (TPSA) is 31.4 Å². The smallest absolute Gasteiger partial charge is 0.213 e. The summed E-state index contributed by atoms with van der Waals surface area (Å²) in [4.78, 5) is 4.09. The van der Waals surface area contributed by atoms with E-state index in [-0.39, 0.29) is 0 Å². The highest BCUT2D eigenvalue weighted by Crippen LogP contribution is 2.22. The highest BCUT2D eigenvalue weighted by molar-refractivity contribution is 5.27. The number of hydrogen-bond donors (Lipinski definition) is 0. The molecule has 0 spiro atoms. The zero-order valence-corrected chi connectivity index (χ0v) is 13.0. The summed E-state index contributed by atoms with van der Waals surface area (Å²) in [5.74, 6) is 1.50. The molecule has 0 radical (unpaired) electrons. The Morgan fingerprint density at radius 2 is 1.62 bits per heavy atom. The Kier molecular flexibility index (Phi) is 5.20. The highest BCUT2D eigenvalue weighted by atomic mass is 16.5. The van der Waals surface area contributed by atoms with E-state index in [1.807, 2.05) is 30.3 Å². The minimum absolute atomic E-state index is 0.304. The second kappa shape index (κ2) is 7.11. The Morgan fingerprint density at radius 3 is 2.24 bits per heavy atom. The van der Waals surface area contributed by atoms with Crippen molar-refractivity contribution in [3.8, 4) is 11.6 Å². The average Bonchev–Trinajstić information content (AvgIpc) is 2.45. The van der Waals surface area contributed by atoms with E-state index in [1.165, 1.54) is 5.56 Å². The largest absolute Gasteiger partial charge is 0.490 e. The molecule has 21 heavy (non-hydrogen) atoms. The van der Waals surface area contributed by atoms with Crippen LogP contribution in [0.1, 0.15) is 26.3 Å². The maximum atomic E-state index is 5.66. The lowest BCUT2D eigenvalue weighted by Gasteiger charge is -2.18. The van der Waals surface area contributed by atoms with Gasteiger partial charge in [0.1, 0.15) is 19.0 Å². The van der Waals surface area contributed by atoms with E-state index < -0.39 is 0 Å². The van der Waals surface area contributed by atoms with Gasteiger partial charge >= 0.3 is 0 Å². The molecule has 1 heterocycles. The molecule has 0 unspecified atom stereocenters. The van der Waals surface area contributed by atoms with Gasteiger partial charge in [-0.3, -0.25) is 0 Å². The van der Waals surface area contributed by atoms with Crippen molar-refractivity contribution in [2.45, 2.75) is 27.2 Å². The monoisotopic (exact) mass is 285 g/mol. The Labute approximate surface area is 126 Å². The molecule has 0 N–H and O–H groups in total. The van der Waals surface area contributed by atoms with Crippen LogP contribution in [0.4, 0.5) is 0 Å². The molecule has 3 nitrogen and oxygen atoms in total. The molecular weight excluding hydrogens is 262 g/mol. The van der Waals surface area contributed by atoms with E-state index in [1.54, 1.807) is 6.20 Å². The first-order valence-corrected chi connectivity index (χ1v) is 7.28. The summed E-state index contributed by atoms with van der Waals surface area (Å²) in [6.45, 7) is 7.72. The summed E-state index contributed by atoms with van der Waals surface area (Å²) < 4.78 is 11.1. The molecule has 1 aromatic carbocycles. The summed E-state index contributed by atoms with van der Waals surface area (Å²) in [6.07, 6.45) is 2.78. The first kappa shape index (κ1) is 15.4. The van der Waals surface area contributed by atoms with Gasteiger partial charge in [-0.05, 0) is 35.6 Å². The molecule has 3 heteroatoms. The lowest BCUT2D eigenvalue weighted by molar-refractivity contribution is 0.212. The van der Waals surface area contributed by atoms with Crippen LogP contribution in [-0.2, 0) is 6.42 Å². The molecule has 2 rings (SSSR count). The fourth-order valence-electron chi connectivity index (χ4n) is 2.05. The van der Waals surface area contributed by atoms with Crippen molar-refractivity contribution in [3.63, 3.8) is 0 Å². The van der Waals surface area contributed by atoms with E-state index in [4.69, 9.17) is 9.47 Å². The molecule has 0 atom stereocenters. The van der Waals surface area contributed by atoms with Gasteiger partial charge in [-0.15, -0.1) is 0 Å². The molecule has 0 saturated heterocycles. The van der Waals surface area contributed by atoms with Gasteiger partial charge in [0.15, 0.2) is 0 Å². The number of hydrogen-bond acceptors (Lipinski definition) is 3. The van der Waals surface area contributed by atoms with Crippen LogP contribution in [0.2, 0.25) is 0 Å². The fourth-order valence-corrected chi connectivity index (χ4v) is 2.05. The first-order valence-electron chi connectivity index (χ1n) is 7.28. The standard InChI is InChI=1S/C18H23NO2/c1-18(2,3)14-15-7-9-16(10-8-15)20-12-13-21-17-6-4-5-11-19-17/h4-11H,12-14H2,1-3H3. The molecule has 0 saturated carbocycles. The average molecular weight is 285 g/mol. The van der Waals surface area contributed by atoms with E-state index in [0.717, 1.165) is 12.2 Å². The summed E-state index contributed by atoms with van der Waals surface area (Å²) in [5.41, 5.74) is 1.64. The zero-order chi connectivity index (χ0) is 15.1. The maximum Gasteiger partial charge on any atom is 0.213 e. The number of rotatable bonds is 6. The number of benzene rings is 1. The number of ether oxygens (including phenoxy) is 2. The van der Waals surface area contributed by atoms with Crippen LogP contribution < -0.4 is 9.47 Å². The summed E-state index contributed by atoms with van der Waals surface area (Å²) in [7, 11) is 0. The van der Waals surface area contributed by atoms with Crippen molar-refractivity contribution in [2.75, 3.05) is 13.2 Å². The van der Waals surface area contributed by atoms with Gasteiger partial charge in [0.25, 0.3) is 0 Å². The quantitative estimate of drug-likeness (QED) is 0.748. The molecule has 0 aliphatic heterocycles. The second-order valence-electron chi connectivity index (χ2n) is 6.25. The third-order valence-electron chi connectivity index (χ3n) is 2.90. The lowest BCUT2D eigenvalue weighted by Crippen LogP contribution is -2.10. The van der Waals surface area contributed by atoms with Crippen molar-refractivity contribution in [1.82, 2.24) is 4.98 Å². The van der Waals surface area contributed by atoms with E-state index in [9.17, 15) is 0 Å². The van der Waals surface area contributed by atoms with Crippen molar-refractivity contribution < 1.29 is 9.47 Å². The Hall–Kier alpha value is -2.03. The number of aromatic nitrogens is 1. The van der Waals surface area contributed by atoms with E-state index in [2.05, 4.69) is 37.9 Å². The Bertz CT molecular complexity index is 529. The minimum atomic E-state index is 0.304. The third kappa shape index (κ3) is 5.86. The van der Waals surface area contributed by atoms with E-state index >= 15 is 0 Å². The van der Waals surface area contributed by atoms with Crippen LogP contribution in [0.5, 0.6) is 11.6 Å².